The lowest BCUT2D eigenvalue weighted by Gasteiger charge is -2.07. The van der Waals surface area contributed by atoms with Gasteiger partial charge in [0.1, 0.15) is 0 Å². The third-order valence-electron chi connectivity index (χ3n) is 3.29. The summed E-state index contributed by atoms with van der Waals surface area (Å²) >= 11 is 0. The standard InChI is InChI=1S/C15H14N4O/c1-9-7-8-12-5-4-6-13(15(12)16-9)19-10(2)14(11(3)20)17-18-19/h4-8H,1-3H3. The lowest BCUT2D eigenvalue weighted by Crippen LogP contribution is -2.03. The van der Waals surface area contributed by atoms with Crippen molar-refractivity contribution in [1.82, 2.24) is 20.0 Å². The molecule has 20 heavy (non-hydrogen) atoms. The molecule has 0 aliphatic carbocycles. The number of fused-ring (bicyclic) bond motifs is 1. The molecule has 0 aliphatic rings. The van der Waals surface area contributed by atoms with E-state index >= 15 is 0 Å². The second-order valence-electron chi connectivity index (χ2n) is 4.79. The average Bonchev–Trinajstić information content (AvgIpc) is 2.80. The lowest BCUT2D eigenvalue weighted by molar-refractivity contribution is 0.101. The molecule has 0 atom stereocenters. The fraction of sp³-hybridized carbons (Fsp3) is 0.200. The summed E-state index contributed by atoms with van der Waals surface area (Å²) in [4.78, 5) is 16.1. The van der Waals surface area contributed by atoms with Gasteiger partial charge in [-0.05, 0) is 26.0 Å². The number of hydrogen-bond acceptors (Lipinski definition) is 4. The van der Waals surface area contributed by atoms with Crippen LogP contribution in [0.3, 0.4) is 0 Å². The first-order valence-corrected chi connectivity index (χ1v) is 6.38. The minimum atomic E-state index is -0.0851. The Morgan fingerprint density at radius 2 is 1.95 bits per heavy atom. The number of nitrogens with zero attached hydrogens (tertiary/aromatic N) is 4. The van der Waals surface area contributed by atoms with Crippen molar-refractivity contribution in [3.8, 4) is 5.69 Å². The molecular formula is C15H14N4O. The maximum absolute atomic E-state index is 11.5. The molecule has 0 bridgehead atoms. The average molecular weight is 266 g/mol. The van der Waals surface area contributed by atoms with Gasteiger partial charge in [0, 0.05) is 18.0 Å². The molecule has 5 nitrogen and oxygen atoms in total. The monoisotopic (exact) mass is 266 g/mol. The number of pyridine rings is 1. The number of benzene rings is 1. The van der Waals surface area contributed by atoms with Crippen LogP contribution in [0, 0.1) is 13.8 Å². The molecule has 0 saturated carbocycles. The molecule has 0 radical (unpaired) electrons. The van der Waals surface area contributed by atoms with E-state index in [2.05, 4.69) is 15.3 Å². The van der Waals surface area contributed by atoms with E-state index in [1.54, 1.807) is 4.68 Å². The molecule has 2 aromatic heterocycles. The topological polar surface area (TPSA) is 60.7 Å². The van der Waals surface area contributed by atoms with E-state index in [9.17, 15) is 4.79 Å². The van der Waals surface area contributed by atoms with Crippen molar-refractivity contribution in [2.24, 2.45) is 0 Å². The molecule has 2 heterocycles. The van der Waals surface area contributed by atoms with Gasteiger partial charge in [-0.3, -0.25) is 9.78 Å². The Morgan fingerprint density at radius 3 is 2.65 bits per heavy atom. The normalized spacial score (nSPS) is 10.9. The Labute approximate surface area is 116 Å². The molecule has 0 unspecified atom stereocenters. The number of carbonyl (C=O) groups excluding carboxylic acids is 1. The van der Waals surface area contributed by atoms with Crippen LogP contribution in [0.2, 0.25) is 0 Å². The van der Waals surface area contributed by atoms with Crippen LogP contribution in [0.25, 0.3) is 16.6 Å². The molecule has 5 heteroatoms. The Bertz CT molecular complexity index is 820. The van der Waals surface area contributed by atoms with E-state index in [0.717, 1.165) is 28.0 Å². The number of rotatable bonds is 2. The second-order valence-corrected chi connectivity index (χ2v) is 4.79. The van der Waals surface area contributed by atoms with Crippen LogP contribution in [0.15, 0.2) is 30.3 Å². The highest BCUT2D eigenvalue weighted by atomic mass is 16.1. The van der Waals surface area contributed by atoms with Crippen LogP contribution >= 0.6 is 0 Å². The van der Waals surface area contributed by atoms with Crippen LogP contribution in [0.5, 0.6) is 0 Å². The minimum Gasteiger partial charge on any atom is -0.293 e. The van der Waals surface area contributed by atoms with E-state index in [4.69, 9.17) is 0 Å². The number of Topliss-reactive ketones (excluding diaryl/α,β-unsaturated/α-hetero) is 1. The van der Waals surface area contributed by atoms with Gasteiger partial charge in [0.05, 0.1) is 16.9 Å². The molecule has 3 aromatic rings. The highest BCUT2D eigenvalue weighted by Gasteiger charge is 2.15. The summed E-state index contributed by atoms with van der Waals surface area (Å²) in [6, 6.07) is 9.88. The predicted molar refractivity (Wildman–Crippen MR) is 76.1 cm³/mol. The molecule has 0 saturated heterocycles. The summed E-state index contributed by atoms with van der Waals surface area (Å²) in [5.41, 5.74) is 3.76. The van der Waals surface area contributed by atoms with Crippen molar-refractivity contribution >= 4 is 16.7 Å². The number of hydrogen-bond donors (Lipinski definition) is 0. The third kappa shape index (κ3) is 1.87. The maximum atomic E-state index is 11.5. The summed E-state index contributed by atoms with van der Waals surface area (Å²) in [6.45, 7) is 5.28. The molecule has 3 rings (SSSR count). The summed E-state index contributed by atoms with van der Waals surface area (Å²) in [7, 11) is 0. The molecular weight excluding hydrogens is 252 g/mol. The van der Waals surface area contributed by atoms with Crippen molar-refractivity contribution in [3.63, 3.8) is 0 Å². The van der Waals surface area contributed by atoms with Crippen molar-refractivity contribution in [1.29, 1.82) is 0 Å². The van der Waals surface area contributed by atoms with Crippen molar-refractivity contribution in [3.05, 3.63) is 47.4 Å². The highest BCUT2D eigenvalue weighted by Crippen LogP contribution is 2.22. The van der Waals surface area contributed by atoms with Gasteiger partial charge in [-0.15, -0.1) is 5.10 Å². The number of carbonyl (C=O) groups is 1. The molecule has 1 aromatic carbocycles. The smallest absolute Gasteiger partial charge is 0.181 e. The first-order chi connectivity index (χ1) is 9.58. The Hall–Kier alpha value is -2.56. The zero-order chi connectivity index (χ0) is 14.3. The van der Waals surface area contributed by atoms with Gasteiger partial charge in [-0.2, -0.15) is 0 Å². The van der Waals surface area contributed by atoms with Gasteiger partial charge in [0.25, 0.3) is 0 Å². The van der Waals surface area contributed by atoms with E-state index < -0.39 is 0 Å². The van der Waals surface area contributed by atoms with Gasteiger partial charge in [-0.25, -0.2) is 4.68 Å². The van der Waals surface area contributed by atoms with E-state index in [1.807, 2.05) is 44.2 Å². The largest absolute Gasteiger partial charge is 0.293 e. The fourth-order valence-electron chi connectivity index (χ4n) is 2.28. The number of para-hydroxylation sites is 1. The highest BCUT2D eigenvalue weighted by molar-refractivity contribution is 5.93. The van der Waals surface area contributed by atoms with Crippen LogP contribution in [0.4, 0.5) is 0 Å². The van der Waals surface area contributed by atoms with E-state index in [-0.39, 0.29) is 5.78 Å². The predicted octanol–water partition coefficient (Wildman–Crippen LogP) is 2.63. The second kappa shape index (κ2) is 4.52. The van der Waals surface area contributed by atoms with Gasteiger partial charge in [0.2, 0.25) is 0 Å². The maximum Gasteiger partial charge on any atom is 0.181 e. The zero-order valence-corrected chi connectivity index (χ0v) is 11.6. The summed E-state index contributed by atoms with van der Waals surface area (Å²) in [5.74, 6) is -0.0851. The fourth-order valence-corrected chi connectivity index (χ4v) is 2.28. The Morgan fingerprint density at radius 1 is 1.15 bits per heavy atom. The molecule has 0 fully saturated rings. The summed E-state index contributed by atoms with van der Waals surface area (Å²) < 4.78 is 1.67. The SMILES string of the molecule is CC(=O)c1nnn(-c2cccc3ccc(C)nc23)c1C. The number of aromatic nitrogens is 4. The Balaban J connectivity index is 2.29. The third-order valence-corrected chi connectivity index (χ3v) is 3.29. The summed E-state index contributed by atoms with van der Waals surface area (Å²) in [5, 5.41) is 9.08. The van der Waals surface area contributed by atoms with Crippen molar-refractivity contribution in [2.45, 2.75) is 20.8 Å². The molecule has 0 amide bonds. The first kappa shape index (κ1) is 12.5. The molecule has 100 valence electrons. The molecule has 0 N–H and O–H groups in total. The van der Waals surface area contributed by atoms with Gasteiger partial charge in [0.15, 0.2) is 11.5 Å². The van der Waals surface area contributed by atoms with Crippen LogP contribution in [0.1, 0.15) is 28.8 Å². The van der Waals surface area contributed by atoms with Gasteiger partial charge >= 0.3 is 0 Å². The molecule has 0 aliphatic heterocycles. The van der Waals surface area contributed by atoms with Crippen LogP contribution in [-0.4, -0.2) is 25.8 Å². The van der Waals surface area contributed by atoms with E-state index in [1.165, 1.54) is 6.92 Å². The number of aryl methyl sites for hydroxylation is 1. The summed E-state index contributed by atoms with van der Waals surface area (Å²) in [6.07, 6.45) is 0. The van der Waals surface area contributed by atoms with Crippen molar-refractivity contribution < 1.29 is 4.79 Å². The number of ketones is 1. The molecule has 0 spiro atoms. The minimum absolute atomic E-state index is 0.0851. The van der Waals surface area contributed by atoms with Crippen molar-refractivity contribution in [2.75, 3.05) is 0 Å². The first-order valence-electron chi connectivity index (χ1n) is 6.38. The lowest BCUT2D eigenvalue weighted by atomic mass is 10.1. The van der Waals surface area contributed by atoms with Crippen LogP contribution in [-0.2, 0) is 0 Å². The van der Waals surface area contributed by atoms with Gasteiger partial charge in [-0.1, -0.05) is 23.4 Å². The van der Waals surface area contributed by atoms with E-state index in [0.29, 0.717) is 5.69 Å². The zero-order valence-electron chi connectivity index (χ0n) is 11.6. The quantitative estimate of drug-likeness (QED) is 0.669. The Kier molecular flexibility index (Phi) is 2.82. The van der Waals surface area contributed by atoms with Gasteiger partial charge < -0.3 is 0 Å². The van der Waals surface area contributed by atoms with Crippen LogP contribution < -0.4 is 0 Å².